The van der Waals surface area contributed by atoms with Gasteiger partial charge in [0.05, 0.1) is 18.1 Å². The number of nitriles is 1. The number of ether oxygens (including phenoxy) is 1. The summed E-state index contributed by atoms with van der Waals surface area (Å²) >= 11 is 0. The maximum Gasteiger partial charge on any atom is 0.416 e. The van der Waals surface area contributed by atoms with Gasteiger partial charge in [-0.1, -0.05) is 42.5 Å². The van der Waals surface area contributed by atoms with Gasteiger partial charge in [-0.05, 0) is 47.0 Å². The molecule has 0 atom stereocenters. The van der Waals surface area contributed by atoms with Crippen LogP contribution in [0.15, 0.2) is 72.8 Å². The minimum Gasteiger partial charge on any atom is -0.489 e. The van der Waals surface area contributed by atoms with Crippen LogP contribution in [-0.4, -0.2) is 18.0 Å². The summed E-state index contributed by atoms with van der Waals surface area (Å²) in [7, 11) is 1.44. The molecule has 0 unspecified atom stereocenters. The van der Waals surface area contributed by atoms with Crippen molar-refractivity contribution in [2.45, 2.75) is 25.7 Å². The average Bonchev–Trinajstić information content (AvgIpc) is 2.79. The third-order valence-electron chi connectivity index (χ3n) is 4.87. The van der Waals surface area contributed by atoms with Crippen LogP contribution in [0.1, 0.15) is 22.3 Å². The summed E-state index contributed by atoms with van der Waals surface area (Å²) in [6.45, 7) is 0.0716. The predicted molar refractivity (Wildman–Crippen MR) is 118 cm³/mol. The van der Waals surface area contributed by atoms with Gasteiger partial charge in [0.1, 0.15) is 12.4 Å². The Labute approximate surface area is 190 Å². The van der Waals surface area contributed by atoms with E-state index in [9.17, 15) is 18.0 Å². The first-order valence-corrected chi connectivity index (χ1v) is 10.1. The van der Waals surface area contributed by atoms with Gasteiger partial charge in [0.15, 0.2) is 0 Å². The van der Waals surface area contributed by atoms with Crippen molar-refractivity contribution in [1.82, 2.24) is 4.90 Å². The Morgan fingerprint density at radius 1 is 1.03 bits per heavy atom. The molecule has 170 valence electrons. The fraction of sp³-hybridized carbons (Fsp3) is 0.200. The van der Waals surface area contributed by atoms with Gasteiger partial charge in [0, 0.05) is 19.3 Å². The normalized spacial score (nSPS) is 10.9. The van der Waals surface area contributed by atoms with Crippen molar-refractivity contribution in [2.75, 3.05) is 12.4 Å². The number of carbonyl (C=O) groups excluding carboxylic acids is 1. The van der Waals surface area contributed by atoms with Gasteiger partial charge in [-0.25, -0.2) is 4.79 Å². The van der Waals surface area contributed by atoms with Gasteiger partial charge in [-0.15, -0.1) is 0 Å². The Hall–Kier alpha value is -3.99. The minimum absolute atomic E-state index is 0.0191. The zero-order valence-electron chi connectivity index (χ0n) is 17.9. The fourth-order valence-electron chi connectivity index (χ4n) is 3.18. The maximum absolute atomic E-state index is 13.2. The zero-order chi connectivity index (χ0) is 23.8. The Balaban J connectivity index is 1.59. The summed E-state index contributed by atoms with van der Waals surface area (Å²) in [5.74, 6) is 0.647. The molecule has 5 nitrogen and oxygen atoms in total. The number of urea groups is 1. The summed E-state index contributed by atoms with van der Waals surface area (Å²) in [6, 6.07) is 21.0. The minimum atomic E-state index is -4.49. The van der Waals surface area contributed by atoms with Crippen molar-refractivity contribution in [3.05, 3.63) is 95.1 Å². The second-order valence-electron chi connectivity index (χ2n) is 7.41. The molecule has 0 heterocycles. The number of nitrogens with zero attached hydrogens (tertiary/aromatic N) is 2. The number of alkyl halides is 3. The molecule has 0 aliphatic carbocycles. The molecule has 3 aromatic rings. The van der Waals surface area contributed by atoms with Crippen molar-refractivity contribution < 1.29 is 22.7 Å². The van der Waals surface area contributed by atoms with E-state index in [-0.39, 0.29) is 18.7 Å². The molecule has 3 aromatic carbocycles. The van der Waals surface area contributed by atoms with Crippen LogP contribution in [0.2, 0.25) is 0 Å². The topological polar surface area (TPSA) is 65.4 Å². The number of nitrogens with one attached hydrogen (secondary N) is 1. The fourth-order valence-corrected chi connectivity index (χ4v) is 3.18. The van der Waals surface area contributed by atoms with Gasteiger partial charge in [0.2, 0.25) is 0 Å². The van der Waals surface area contributed by atoms with E-state index in [4.69, 9.17) is 10.00 Å². The summed E-state index contributed by atoms with van der Waals surface area (Å²) in [4.78, 5) is 13.7. The summed E-state index contributed by atoms with van der Waals surface area (Å²) in [5.41, 5.74) is 1.46. The number of anilines is 1. The van der Waals surface area contributed by atoms with E-state index < -0.39 is 17.8 Å². The number of hydrogen-bond acceptors (Lipinski definition) is 3. The van der Waals surface area contributed by atoms with Crippen LogP contribution in [0, 0.1) is 11.3 Å². The van der Waals surface area contributed by atoms with Crippen LogP contribution >= 0.6 is 0 Å². The highest BCUT2D eigenvalue weighted by molar-refractivity contribution is 5.89. The van der Waals surface area contributed by atoms with Gasteiger partial charge < -0.3 is 15.0 Å². The van der Waals surface area contributed by atoms with Crippen LogP contribution in [0.5, 0.6) is 5.75 Å². The molecule has 2 amide bonds. The summed E-state index contributed by atoms with van der Waals surface area (Å²) in [6.07, 6.45) is -4.16. The smallest absolute Gasteiger partial charge is 0.416 e. The van der Waals surface area contributed by atoms with Crippen LogP contribution in [0.3, 0.4) is 0 Å². The Bertz CT molecular complexity index is 1140. The van der Waals surface area contributed by atoms with Crippen LogP contribution in [0.4, 0.5) is 23.7 Å². The Morgan fingerprint density at radius 3 is 2.45 bits per heavy atom. The molecule has 1 N–H and O–H groups in total. The molecule has 8 heteroatoms. The van der Waals surface area contributed by atoms with Crippen molar-refractivity contribution in [1.29, 1.82) is 5.26 Å². The first-order valence-electron chi connectivity index (χ1n) is 10.1. The number of hydrogen-bond donors (Lipinski definition) is 1. The summed E-state index contributed by atoms with van der Waals surface area (Å²) < 4.78 is 45.3. The van der Waals surface area contributed by atoms with Gasteiger partial charge in [-0.2, -0.15) is 18.4 Å². The van der Waals surface area contributed by atoms with Gasteiger partial charge >= 0.3 is 12.2 Å². The molecule has 0 aliphatic heterocycles. The van der Waals surface area contributed by atoms with E-state index in [0.29, 0.717) is 17.9 Å². The zero-order valence-corrected chi connectivity index (χ0v) is 17.9. The van der Waals surface area contributed by atoms with Crippen LogP contribution < -0.4 is 10.1 Å². The molecule has 33 heavy (non-hydrogen) atoms. The average molecular weight is 453 g/mol. The first kappa shape index (κ1) is 23.7. The lowest BCUT2D eigenvalue weighted by Gasteiger charge is -2.21. The first-order chi connectivity index (χ1) is 15.8. The molecule has 0 aromatic heterocycles. The number of rotatable bonds is 7. The Kier molecular flexibility index (Phi) is 7.57. The molecule has 0 aliphatic rings. The second kappa shape index (κ2) is 10.6. The van der Waals surface area contributed by atoms with E-state index in [1.165, 1.54) is 30.1 Å². The van der Waals surface area contributed by atoms with Gasteiger partial charge in [0.25, 0.3) is 0 Å². The molecular formula is C25H22F3N3O2. The van der Waals surface area contributed by atoms with E-state index in [1.54, 1.807) is 30.3 Å². The highest BCUT2D eigenvalue weighted by Gasteiger charge is 2.33. The molecule has 0 spiro atoms. The number of benzene rings is 3. The SMILES string of the molecule is CN(Cc1ccccc1C(F)(F)F)C(=O)Nc1cccc(COc2ccc(CC#N)cc2)c1. The molecule has 0 saturated carbocycles. The maximum atomic E-state index is 13.2. The Morgan fingerprint density at radius 2 is 1.76 bits per heavy atom. The third-order valence-corrected chi connectivity index (χ3v) is 4.87. The van der Waals surface area contributed by atoms with E-state index in [0.717, 1.165) is 17.2 Å². The number of carbonyl (C=O) groups is 1. The monoisotopic (exact) mass is 453 g/mol. The molecule has 3 rings (SSSR count). The van der Waals surface area contributed by atoms with Gasteiger partial charge in [-0.3, -0.25) is 0 Å². The number of amides is 2. The standard InChI is InChI=1S/C25H22F3N3O2/c1-31(16-20-6-2-3-8-23(20)25(26,27)28)24(32)30-21-7-4-5-19(15-21)17-33-22-11-9-18(10-12-22)13-14-29/h2-12,15H,13,16-17H2,1H3,(H,30,32). The van der Waals surface area contributed by atoms with E-state index >= 15 is 0 Å². The largest absolute Gasteiger partial charge is 0.489 e. The second-order valence-corrected chi connectivity index (χ2v) is 7.41. The molecule has 0 radical (unpaired) electrons. The lowest BCUT2D eigenvalue weighted by molar-refractivity contribution is -0.138. The van der Waals surface area contributed by atoms with Crippen LogP contribution in [-0.2, 0) is 25.7 Å². The summed E-state index contributed by atoms with van der Waals surface area (Å²) in [5, 5.41) is 11.4. The highest BCUT2D eigenvalue weighted by atomic mass is 19.4. The highest BCUT2D eigenvalue weighted by Crippen LogP contribution is 2.32. The van der Waals surface area contributed by atoms with Crippen LogP contribution in [0.25, 0.3) is 0 Å². The lowest BCUT2D eigenvalue weighted by Crippen LogP contribution is -2.31. The molecule has 0 bridgehead atoms. The van der Waals surface area contributed by atoms with Crippen molar-refractivity contribution >= 4 is 11.7 Å². The molecule has 0 fully saturated rings. The lowest BCUT2D eigenvalue weighted by atomic mass is 10.1. The quantitative estimate of drug-likeness (QED) is 0.476. The van der Waals surface area contributed by atoms with E-state index in [2.05, 4.69) is 11.4 Å². The van der Waals surface area contributed by atoms with Crippen molar-refractivity contribution in [3.8, 4) is 11.8 Å². The number of halogens is 3. The molecule has 0 saturated heterocycles. The van der Waals surface area contributed by atoms with Crippen molar-refractivity contribution in [2.24, 2.45) is 0 Å². The third kappa shape index (κ3) is 6.74. The van der Waals surface area contributed by atoms with Crippen molar-refractivity contribution in [3.63, 3.8) is 0 Å². The molecular weight excluding hydrogens is 431 g/mol. The predicted octanol–water partition coefficient (Wildman–Crippen LogP) is 6.01. The van der Waals surface area contributed by atoms with E-state index in [1.807, 2.05) is 18.2 Å².